The zero-order valence-corrected chi connectivity index (χ0v) is 8.91. The molecule has 4 nitrogen and oxygen atoms in total. The maximum atomic E-state index is 11.2. The van der Waals surface area contributed by atoms with Crippen LogP contribution in [0.1, 0.15) is 15.9 Å². The van der Waals surface area contributed by atoms with Crippen LogP contribution in [0.2, 0.25) is 0 Å². The first-order chi connectivity index (χ1) is 7.69. The molecule has 2 amide bonds. The molecule has 1 N–H and O–H groups in total. The molecule has 16 heavy (non-hydrogen) atoms. The van der Waals surface area contributed by atoms with Gasteiger partial charge in [-0.25, -0.2) is 0 Å². The highest BCUT2D eigenvalue weighted by Crippen LogP contribution is 2.25. The molecule has 1 saturated heterocycles. The molecule has 1 heterocycles. The summed E-state index contributed by atoms with van der Waals surface area (Å²) in [5.74, 6) is -0.380. The fraction of sp³-hybridized carbons (Fsp3) is 0. The Morgan fingerprint density at radius 3 is 2.19 bits per heavy atom. The van der Waals surface area contributed by atoms with Crippen molar-refractivity contribution in [3.8, 4) is 0 Å². The number of hydrogen-bond acceptors (Lipinski definition) is 4. The SMILES string of the molecule is O=Cc1ccc(/C=C2\SC(=O)NC2=O)cc1. The topological polar surface area (TPSA) is 63.2 Å². The lowest BCUT2D eigenvalue weighted by Crippen LogP contribution is -2.17. The summed E-state index contributed by atoms with van der Waals surface area (Å²) in [5.41, 5.74) is 1.35. The normalized spacial score (nSPS) is 17.6. The maximum Gasteiger partial charge on any atom is 0.290 e. The maximum absolute atomic E-state index is 11.2. The van der Waals surface area contributed by atoms with Crippen LogP contribution in [0.25, 0.3) is 6.08 Å². The van der Waals surface area contributed by atoms with Crippen molar-refractivity contribution in [2.75, 3.05) is 0 Å². The summed E-state index contributed by atoms with van der Waals surface area (Å²) >= 11 is 0.870. The summed E-state index contributed by atoms with van der Waals surface area (Å²) in [4.78, 5) is 32.9. The minimum Gasteiger partial charge on any atom is -0.298 e. The molecule has 0 bridgehead atoms. The molecule has 5 heteroatoms. The molecule has 1 aliphatic heterocycles. The van der Waals surface area contributed by atoms with Crippen LogP contribution in [0.5, 0.6) is 0 Å². The van der Waals surface area contributed by atoms with Gasteiger partial charge in [0.2, 0.25) is 0 Å². The Bertz CT molecular complexity index is 490. The van der Waals surface area contributed by atoms with Gasteiger partial charge in [0.15, 0.2) is 0 Å². The van der Waals surface area contributed by atoms with Crippen LogP contribution in [-0.4, -0.2) is 17.4 Å². The third-order valence-electron chi connectivity index (χ3n) is 2.01. The summed E-state index contributed by atoms with van der Waals surface area (Å²) in [6.07, 6.45) is 2.36. The van der Waals surface area contributed by atoms with Crippen molar-refractivity contribution in [2.45, 2.75) is 0 Å². The van der Waals surface area contributed by atoms with Crippen LogP contribution < -0.4 is 5.32 Å². The van der Waals surface area contributed by atoms with Gasteiger partial charge in [0.1, 0.15) is 6.29 Å². The van der Waals surface area contributed by atoms with Gasteiger partial charge in [-0.05, 0) is 23.4 Å². The highest BCUT2D eigenvalue weighted by atomic mass is 32.2. The van der Waals surface area contributed by atoms with E-state index in [4.69, 9.17) is 0 Å². The van der Waals surface area contributed by atoms with Crippen molar-refractivity contribution in [3.63, 3.8) is 0 Å². The quantitative estimate of drug-likeness (QED) is 0.625. The van der Waals surface area contributed by atoms with Crippen molar-refractivity contribution >= 4 is 35.3 Å². The number of rotatable bonds is 2. The van der Waals surface area contributed by atoms with E-state index in [1.807, 2.05) is 0 Å². The molecule has 1 fully saturated rings. The van der Waals surface area contributed by atoms with Gasteiger partial charge in [0.25, 0.3) is 11.1 Å². The summed E-state index contributed by atoms with van der Waals surface area (Å²) in [7, 11) is 0. The Hall–Kier alpha value is -1.88. The van der Waals surface area contributed by atoms with Crippen LogP contribution in [0.4, 0.5) is 4.79 Å². The van der Waals surface area contributed by atoms with E-state index in [1.54, 1.807) is 30.3 Å². The first-order valence-electron chi connectivity index (χ1n) is 4.49. The number of benzene rings is 1. The van der Waals surface area contributed by atoms with Crippen molar-refractivity contribution in [2.24, 2.45) is 0 Å². The lowest BCUT2D eigenvalue weighted by atomic mass is 10.1. The zero-order chi connectivity index (χ0) is 11.5. The van der Waals surface area contributed by atoms with Gasteiger partial charge in [-0.1, -0.05) is 24.3 Å². The number of aldehydes is 1. The Morgan fingerprint density at radius 1 is 1.06 bits per heavy atom. The number of amides is 2. The minimum absolute atomic E-state index is 0.360. The standard InChI is InChI=1S/C11H7NO3S/c13-6-8-3-1-7(2-4-8)5-9-10(14)12-11(15)16-9/h1-6H,(H,12,14,15)/b9-5-. The molecule has 0 saturated carbocycles. The van der Waals surface area contributed by atoms with E-state index in [1.165, 1.54) is 0 Å². The Morgan fingerprint density at radius 2 is 1.69 bits per heavy atom. The van der Waals surface area contributed by atoms with Gasteiger partial charge in [-0.2, -0.15) is 0 Å². The second kappa shape index (κ2) is 4.32. The molecular weight excluding hydrogens is 226 g/mol. The third-order valence-corrected chi connectivity index (χ3v) is 2.82. The van der Waals surface area contributed by atoms with E-state index in [-0.39, 0.29) is 11.1 Å². The van der Waals surface area contributed by atoms with Crippen molar-refractivity contribution in [1.29, 1.82) is 0 Å². The van der Waals surface area contributed by atoms with Crippen molar-refractivity contribution in [3.05, 3.63) is 40.3 Å². The van der Waals surface area contributed by atoms with Crippen molar-refractivity contribution in [1.82, 2.24) is 5.32 Å². The van der Waals surface area contributed by atoms with Gasteiger partial charge in [-0.3, -0.25) is 19.7 Å². The predicted molar refractivity (Wildman–Crippen MR) is 60.9 cm³/mol. The van der Waals surface area contributed by atoms with E-state index >= 15 is 0 Å². The van der Waals surface area contributed by atoms with Gasteiger partial charge in [0.05, 0.1) is 4.91 Å². The van der Waals surface area contributed by atoms with Gasteiger partial charge in [-0.15, -0.1) is 0 Å². The summed E-state index contributed by atoms with van der Waals surface area (Å²) in [6.45, 7) is 0. The molecular formula is C11H7NO3S. The van der Waals surface area contributed by atoms with Gasteiger partial charge in [0, 0.05) is 5.56 Å². The Balaban J connectivity index is 2.25. The fourth-order valence-electron chi connectivity index (χ4n) is 1.24. The second-order valence-corrected chi connectivity index (χ2v) is 4.15. The minimum atomic E-state index is -0.380. The Labute approximate surface area is 95.7 Å². The van der Waals surface area contributed by atoms with Crippen LogP contribution in [-0.2, 0) is 4.79 Å². The zero-order valence-electron chi connectivity index (χ0n) is 8.10. The molecule has 2 rings (SSSR count). The number of carbonyl (C=O) groups excluding carboxylic acids is 3. The molecule has 0 unspecified atom stereocenters. The number of hydrogen-bond donors (Lipinski definition) is 1. The summed E-state index contributed by atoms with van der Waals surface area (Å²) in [5, 5.41) is 1.81. The Kier molecular flexibility index (Phi) is 2.87. The van der Waals surface area contributed by atoms with E-state index < -0.39 is 0 Å². The largest absolute Gasteiger partial charge is 0.298 e. The fourth-order valence-corrected chi connectivity index (χ4v) is 1.93. The van der Waals surface area contributed by atoms with Gasteiger partial charge >= 0.3 is 0 Å². The summed E-state index contributed by atoms with van der Waals surface area (Å²) < 4.78 is 0. The molecule has 0 radical (unpaired) electrons. The molecule has 1 aliphatic rings. The lowest BCUT2D eigenvalue weighted by molar-refractivity contribution is -0.115. The summed E-state index contributed by atoms with van der Waals surface area (Å²) in [6, 6.07) is 6.73. The lowest BCUT2D eigenvalue weighted by Gasteiger charge is -1.95. The van der Waals surface area contributed by atoms with E-state index in [0.717, 1.165) is 23.6 Å². The molecule has 0 aromatic heterocycles. The molecule has 1 aromatic carbocycles. The van der Waals surface area contributed by atoms with E-state index in [2.05, 4.69) is 5.32 Å². The smallest absolute Gasteiger partial charge is 0.290 e. The highest BCUT2D eigenvalue weighted by molar-refractivity contribution is 8.18. The van der Waals surface area contributed by atoms with Crippen LogP contribution >= 0.6 is 11.8 Å². The second-order valence-electron chi connectivity index (χ2n) is 3.14. The average Bonchev–Trinajstić information content (AvgIpc) is 2.59. The number of imide groups is 1. The molecule has 80 valence electrons. The first kappa shape index (κ1) is 10.6. The average molecular weight is 233 g/mol. The van der Waals surface area contributed by atoms with E-state index in [9.17, 15) is 14.4 Å². The van der Waals surface area contributed by atoms with Gasteiger partial charge < -0.3 is 0 Å². The van der Waals surface area contributed by atoms with Crippen LogP contribution in [0.3, 0.4) is 0 Å². The highest BCUT2D eigenvalue weighted by Gasteiger charge is 2.24. The monoisotopic (exact) mass is 233 g/mol. The first-order valence-corrected chi connectivity index (χ1v) is 5.31. The molecule has 0 atom stereocenters. The molecule has 0 spiro atoms. The molecule has 0 aliphatic carbocycles. The number of thioether (sulfide) groups is 1. The van der Waals surface area contributed by atoms with Crippen LogP contribution in [0, 0.1) is 0 Å². The van der Waals surface area contributed by atoms with Crippen molar-refractivity contribution < 1.29 is 14.4 Å². The van der Waals surface area contributed by atoms with Crippen LogP contribution in [0.15, 0.2) is 29.2 Å². The predicted octanol–water partition coefficient (Wildman–Crippen LogP) is 1.82. The third kappa shape index (κ3) is 2.20. The number of carbonyl (C=O) groups is 3. The van der Waals surface area contributed by atoms with E-state index in [0.29, 0.717) is 10.5 Å². The molecule has 1 aromatic rings. The number of nitrogens with one attached hydrogen (secondary N) is 1.